The smallest absolute Gasteiger partial charge is 0.227 e. The van der Waals surface area contributed by atoms with E-state index < -0.39 is 0 Å². The van der Waals surface area contributed by atoms with E-state index in [1.165, 1.54) is 18.2 Å². The van der Waals surface area contributed by atoms with E-state index in [0.29, 0.717) is 36.2 Å². The molecule has 9 heteroatoms. The van der Waals surface area contributed by atoms with Crippen molar-refractivity contribution in [3.63, 3.8) is 0 Å². The normalized spacial score (nSPS) is 15.4. The van der Waals surface area contributed by atoms with Crippen molar-refractivity contribution in [1.29, 1.82) is 10.8 Å². The molecule has 1 fully saturated rings. The summed E-state index contributed by atoms with van der Waals surface area (Å²) in [7, 11) is 0. The van der Waals surface area contributed by atoms with Gasteiger partial charge >= 0.3 is 0 Å². The molecule has 26 heavy (non-hydrogen) atoms. The van der Waals surface area contributed by atoms with Gasteiger partial charge in [0.25, 0.3) is 0 Å². The molecule has 0 bridgehead atoms. The van der Waals surface area contributed by atoms with Crippen LogP contribution < -0.4 is 5.73 Å². The highest BCUT2D eigenvalue weighted by atomic mass is 79.9. The first-order valence-corrected chi connectivity index (χ1v) is 8.75. The number of carbonyl (C=O) groups is 1. The number of nitrogens with one attached hydrogen (secondary N) is 2. The molecule has 1 amide bonds. The van der Waals surface area contributed by atoms with Crippen molar-refractivity contribution in [3.8, 4) is 0 Å². The van der Waals surface area contributed by atoms with Gasteiger partial charge in [-0.1, -0.05) is 6.07 Å². The number of benzene rings is 1. The molecule has 0 saturated carbocycles. The van der Waals surface area contributed by atoms with Crippen LogP contribution >= 0.6 is 15.9 Å². The third-order valence-electron chi connectivity index (χ3n) is 3.94. The highest BCUT2D eigenvalue weighted by Gasteiger charge is 2.22. The third-order valence-corrected chi connectivity index (χ3v) is 4.58. The molecule has 0 spiro atoms. The topological polar surface area (TPSA) is 110 Å². The van der Waals surface area contributed by atoms with Crippen molar-refractivity contribution in [2.75, 3.05) is 26.2 Å². The van der Waals surface area contributed by atoms with E-state index in [1.54, 1.807) is 17.0 Å². The van der Waals surface area contributed by atoms with Gasteiger partial charge in [-0.15, -0.1) is 0 Å². The first-order chi connectivity index (χ1) is 12.4. The average molecular weight is 423 g/mol. The molecule has 0 aliphatic carbocycles. The van der Waals surface area contributed by atoms with Crippen LogP contribution in [0.4, 0.5) is 4.39 Å². The fraction of sp³-hybridized carbons (Fsp3) is 0.294. The molecule has 1 aromatic rings. The molecule has 1 saturated heterocycles. The quantitative estimate of drug-likeness (QED) is 0.496. The van der Waals surface area contributed by atoms with Gasteiger partial charge in [-0.3, -0.25) is 15.6 Å². The van der Waals surface area contributed by atoms with Crippen LogP contribution in [0.2, 0.25) is 0 Å². The Labute approximate surface area is 159 Å². The summed E-state index contributed by atoms with van der Waals surface area (Å²) in [5.74, 6) is -0.0162. The molecule has 0 aromatic heterocycles. The second-order valence-electron chi connectivity index (χ2n) is 5.69. The van der Waals surface area contributed by atoms with Crippen molar-refractivity contribution in [3.05, 3.63) is 46.2 Å². The van der Waals surface area contributed by atoms with Crippen LogP contribution in [0.1, 0.15) is 5.56 Å². The SMILES string of the molecule is N=CN=C(N)/C=C\C(=N)N1CCN(C(=O)Cc2ccc(Br)c(F)c2)CC1. The highest BCUT2D eigenvalue weighted by molar-refractivity contribution is 9.10. The number of amidine groups is 2. The molecule has 1 aliphatic heterocycles. The Hall–Kier alpha value is -2.55. The molecule has 1 aliphatic rings. The fourth-order valence-electron chi connectivity index (χ4n) is 2.52. The number of nitrogens with two attached hydrogens (primary N) is 1. The largest absolute Gasteiger partial charge is 0.384 e. The van der Waals surface area contributed by atoms with E-state index in [4.69, 9.17) is 16.6 Å². The molecule has 0 radical (unpaired) electrons. The minimum Gasteiger partial charge on any atom is -0.384 e. The lowest BCUT2D eigenvalue weighted by molar-refractivity contribution is -0.131. The predicted octanol–water partition coefficient (Wildman–Crippen LogP) is 1.77. The van der Waals surface area contributed by atoms with Crippen molar-refractivity contribution in [2.45, 2.75) is 6.42 Å². The summed E-state index contributed by atoms with van der Waals surface area (Å²) in [6.07, 6.45) is 3.97. The maximum atomic E-state index is 13.6. The van der Waals surface area contributed by atoms with Crippen molar-refractivity contribution in [1.82, 2.24) is 9.80 Å². The molecule has 4 N–H and O–H groups in total. The number of hydrogen-bond acceptors (Lipinski definition) is 3. The van der Waals surface area contributed by atoms with Gasteiger partial charge < -0.3 is 15.5 Å². The van der Waals surface area contributed by atoms with Crippen LogP contribution in [-0.4, -0.2) is 59.9 Å². The molecule has 2 rings (SSSR count). The Balaban J connectivity index is 1.86. The molecular formula is C17H20BrFN6O. The van der Waals surface area contributed by atoms with Gasteiger partial charge in [-0.25, -0.2) is 9.38 Å². The molecular weight excluding hydrogens is 403 g/mol. The summed E-state index contributed by atoms with van der Waals surface area (Å²) in [5.41, 5.74) is 6.17. The zero-order chi connectivity index (χ0) is 19.1. The predicted molar refractivity (Wildman–Crippen MR) is 103 cm³/mol. The Morgan fingerprint density at radius 1 is 1.27 bits per heavy atom. The number of aliphatic imine (C=N–C) groups is 1. The summed E-state index contributed by atoms with van der Waals surface area (Å²) in [4.78, 5) is 19.5. The van der Waals surface area contributed by atoms with Gasteiger partial charge in [0.2, 0.25) is 5.91 Å². The molecule has 0 atom stereocenters. The number of hydrogen-bond donors (Lipinski definition) is 3. The lowest BCUT2D eigenvalue weighted by Gasteiger charge is -2.35. The van der Waals surface area contributed by atoms with Crippen LogP contribution in [-0.2, 0) is 11.2 Å². The van der Waals surface area contributed by atoms with Crippen LogP contribution in [0.25, 0.3) is 0 Å². The fourth-order valence-corrected chi connectivity index (χ4v) is 2.77. The van der Waals surface area contributed by atoms with E-state index in [0.717, 1.165) is 6.34 Å². The number of carbonyl (C=O) groups excluding carboxylic acids is 1. The lowest BCUT2D eigenvalue weighted by Crippen LogP contribution is -2.50. The number of piperazine rings is 1. The van der Waals surface area contributed by atoms with E-state index in [-0.39, 0.29) is 29.8 Å². The van der Waals surface area contributed by atoms with Crippen LogP contribution in [0.15, 0.2) is 39.8 Å². The Bertz CT molecular complexity index is 756. The zero-order valence-electron chi connectivity index (χ0n) is 14.1. The first-order valence-electron chi connectivity index (χ1n) is 7.96. The Morgan fingerprint density at radius 3 is 2.54 bits per heavy atom. The van der Waals surface area contributed by atoms with E-state index >= 15 is 0 Å². The molecule has 0 unspecified atom stereocenters. The highest BCUT2D eigenvalue weighted by Crippen LogP contribution is 2.17. The van der Waals surface area contributed by atoms with Crippen LogP contribution in [0.5, 0.6) is 0 Å². The van der Waals surface area contributed by atoms with Gasteiger partial charge in [-0.2, -0.15) is 0 Å². The first kappa shape index (κ1) is 19.8. The average Bonchev–Trinajstić information content (AvgIpc) is 2.63. The summed E-state index contributed by atoms with van der Waals surface area (Å²) < 4.78 is 13.9. The molecule has 1 heterocycles. The van der Waals surface area contributed by atoms with Crippen molar-refractivity contribution in [2.24, 2.45) is 10.7 Å². The number of rotatable bonds is 5. The molecule has 138 valence electrons. The van der Waals surface area contributed by atoms with Gasteiger partial charge in [0.05, 0.1) is 10.9 Å². The van der Waals surface area contributed by atoms with Crippen LogP contribution in [0, 0.1) is 16.6 Å². The number of halogens is 2. The summed E-state index contributed by atoms with van der Waals surface area (Å²) in [5, 5.41) is 14.9. The third kappa shape index (κ3) is 5.48. The van der Waals surface area contributed by atoms with Crippen molar-refractivity contribution < 1.29 is 9.18 Å². The monoisotopic (exact) mass is 422 g/mol. The van der Waals surface area contributed by atoms with Gasteiger partial charge in [-0.05, 0) is 45.8 Å². The number of nitrogens with zero attached hydrogens (tertiary/aromatic N) is 3. The molecule has 7 nitrogen and oxygen atoms in total. The maximum Gasteiger partial charge on any atom is 0.227 e. The Kier molecular flexibility index (Phi) is 7.02. The number of amides is 1. The van der Waals surface area contributed by atoms with E-state index in [1.807, 2.05) is 4.90 Å². The van der Waals surface area contributed by atoms with Crippen LogP contribution in [0.3, 0.4) is 0 Å². The summed E-state index contributed by atoms with van der Waals surface area (Å²) in [6, 6.07) is 4.68. The standard InChI is InChI=1S/C17H20BrFN6O/c18-13-2-1-12(9-14(13)19)10-17(26)25-7-5-24(6-8-25)16(22)4-3-15(21)23-11-20/h1-4,9,11,22H,5-8,10H2,(H3,20,21,23)/b4-3-,22-16?. The summed E-state index contributed by atoms with van der Waals surface area (Å²) >= 11 is 3.09. The summed E-state index contributed by atoms with van der Waals surface area (Å²) in [6.45, 7) is 2.06. The second-order valence-corrected chi connectivity index (χ2v) is 6.55. The second kappa shape index (κ2) is 9.23. The lowest BCUT2D eigenvalue weighted by atomic mass is 10.1. The van der Waals surface area contributed by atoms with Gasteiger partial charge in [0.15, 0.2) is 0 Å². The minimum atomic E-state index is -0.383. The zero-order valence-corrected chi connectivity index (χ0v) is 15.7. The van der Waals surface area contributed by atoms with E-state index in [9.17, 15) is 9.18 Å². The van der Waals surface area contributed by atoms with Gasteiger partial charge in [0, 0.05) is 26.2 Å². The maximum absolute atomic E-state index is 13.6. The van der Waals surface area contributed by atoms with Gasteiger partial charge in [0.1, 0.15) is 23.8 Å². The van der Waals surface area contributed by atoms with Crippen molar-refractivity contribution >= 4 is 39.8 Å². The minimum absolute atomic E-state index is 0.0594. The molecule has 1 aromatic carbocycles. The Morgan fingerprint density at radius 2 is 1.92 bits per heavy atom. The van der Waals surface area contributed by atoms with E-state index in [2.05, 4.69) is 20.9 Å².